The third-order valence-corrected chi connectivity index (χ3v) is 5.86. The van der Waals surface area contributed by atoms with Crippen LogP contribution in [0.3, 0.4) is 0 Å². The molecular formula is C18H33NO2. The van der Waals surface area contributed by atoms with E-state index in [1.54, 1.807) is 0 Å². The second kappa shape index (κ2) is 8.17. The van der Waals surface area contributed by atoms with Crippen LogP contribution in [0, 0.1) is 11.8 Å². The number of rotatable bonds is 5. The molecule has 3 atom stereocenters. The smallest absolute Gasteiger partial charge is 0.308 e. The van der Waals surface area contributed by atoms with Crippen LogP contribution in [0.5, 0.6) is 0 Å². The molecule has 0 bridgehead atoms. The van der Waals surface area contributed by atoms with E-state index in [1.165, 1.54) is 51.4 Å². The Balaban J connectivity index is 2.04. The summed E-state index contributed by atoms with van der Waals surface area (Å²) in [4.78, 5) is 14.1. The van der Waals surface area contributed by atoms with E-state index < -0.39 is 5.97 Å². The van der Waals surface area contributed by atoms with Crippen LogP contribution in [0.2, 0.25) is 0 Å². The Morgan fingerprint density at radius 1 is 1.10 bits per heavy atom. The molecule has 3 heteroatoms. The number of hydrogen-bond donors (Lipinski definition) is 1. The first-order valence-electron chi connectivity index (χ1n) is 9.08. The molecule has 0 aliphatic heterocycles. The van der Waals surface area contributed by atoms with Gasteiger partial charge in [-0.2, -0.15) is 0 Å². The molecule has 3 unspecified atom stereocenters. The minimum Gasteiger partial charge on any atom is -0.481 e. The monoisotopic (exact) mass is 295 g/mol. The normalized spacial score (nSPS) is 32.0. The molecule has 0 aromatic rings. The number of carboxylic acid groups (broad SMARTS) is 1. The van der Waals surface area contributed by atoms with Gasteiger partial charge in [-0.25, -0.2) is 0 Å². The minimum atomic E-state index is -0.574. The molecule has 1 N–H and O–H groups in total. The first-order chi connectivity index (χ1) is 10.1. The van der Waals surface area contributed by atoms with E-state index in [0.29, 0.717) is 6.04 Å². The van der Waals surface area contributed by atoms with Crippen molar-refractivity contribution in [1.29, 1.82) is 0 Å². The number of aliphatic carboxylic acids is 1. The van der Waals surface area contributed by atoms with Gasteiger partial charge >= 0.3 is 5.97 Å². The van der Waals surface area contributed by atoms with Crippen LogP contribution >= 0.6 is 0 Å². The van der Waals surface area contributed by atoms with E-state index in [1.807, 2.05) is 0 Å². The van der Waals surface area contributed by atoms with Crippen molar-refractivity contribution < 1.29 is 9.90 Å². The first kappa shape index (κ1) is 16.8. The molecule has 21 heavy (non-hydrogen) atoms. The van der Waals surface area contributed by atoms with Crippen molar-refractivity contribution in [1.82, 2.24) is 4.90 Å². The topological polar surface area (TPSA) is 40.5 Å². The third kappa shape index (κ3) is 4.45. The largest absolute Gasteiger partial charge is 0.481 e. The van der Waals surface area contributed by atoms with Crippen molar-refractivity contribution >= 4 is 5.97 Å². The number of carbonyl (C=O) groups is 1. The van der Waals surface area contributed by atoms with Crippen LogP contribution in [-0.4, -0.2) is 35.1 Å². The van der Waals surface area contributed by atoms with Gasteiger partial charge in [-0.05, 0) is 45.1 Å². The average molecular weight is 295 g/mol. The highest BCUT2D eigenvalue weighted by molar-refractivity contribution is 5.71. The number of hydrogen-bond acceptors (Lipinski definition) is 2. The van der Waals surface area contributed by atoms with Crippen LogP contribution in [-0.2, 0) is 4.79 Å². The van der Waals surface area contributed by atoms with Gasteiger partial charge < -0.3 is 5.11 Å². The van der Waals surface area contributed by atoms with Crippen molar-refractivity contribution in [2.75, 3.05) is 7.05 Å². The Morgan fingerprint density at radius 2 is 1.76 bits per heavy atom. The van der Waals surface area contributed by atoms with Gasteiger partial charge in [0.2, 0.25) is 0 Å². The maximum Gasteiger partial charge on any atom is 0.308 e. The lowest BCUT2D eigenvalue weighted by atomic mass is 9.75. The average Bonchev–Trinajstić information content (AvgIpc) is 2.75. The van der Waals surface area contributed by atoms with Gasteiger partial charge in [0.15, 0.2) is 0 Å². The van der Waals surface area contributed by atoms with E-state index in [0.717, 1.165) is 25.2 Å². The summed E-state index contributed by atoms with van der Waals surface area (Å²) in [5.74, 6) is 0.0191. The fraction of sp³-hybridized carbons (Fsp3) is 0.944. The van der Waals surface area contributed by atoms with Crippen molar-refractivity contribution in [3.05, 3.63) is 0 Å². The standard InChI is InChI=1S/C18H33NO2/c1-3-8-14-11-12-16(18(20)21)17(13-14)19(2)15-9-6-4-5-7-10-15/h14-17H,3-13H2,1-2H3,(H,20,21). The molecule has 3 nitrogen and oxygen atoms in total. The summed E-state index contributed by atoms with van der Waals surface area (Å²) in [5.41, 5.74) is 0. The summed E-state index contributed by atoms with van der Waals surface area (Å²) in [6.45, 7) is 2.24. The Labute approximate surface area is 130 Å². The molecule has 2 fully saturated rings. The molecule has 0 aromatic heterocycles. The Morgan fingerprint density at radius 3 is 2.33 bits per heavy atom. The highest BCUT2D eigenvalue weighted by Gasteiger charge is 2.38. The fourth-order valence-electron chi connectivity index (χ4n) is 4.58. The van der Waals surface area contributed by atoms with Gasteiger partial charge in [-0.1, -0.05) is 45.4 Å². The van der Waals surface area contributed by atoms with Gasteiger partial charge in [0.25, 0.3) is 0 Å². The summed E-state index contributed by atoms with van der Waals surface area (Å²) in [6.07, 6.45) is 13.4. The van der Waals surface area contributed by atoms with Crippen LogP contribution in [0.1, 0.15) is 77.6 Å². The quantitative estimate of drug-likeness (QED) is 0.768. The first-order valence-corrected chi connectivity index (χ1v) is 9.08. The van der Waals surface area contributed by atoms with E-state index in [2.05, 4.69) is 18.9 Å². The molecule has 0 heterocycles. The lowest BCUT2D eigenvalue weighted by Crippen LogP contribution is -2.49. The van der Waals surface area contributed by atoms with E-state index in [4.69, 9.17) is 0 Å². The SMILES string of the molecule is CCCC1CCC(C(=O)O)C(N(C)C2CCCCCC2)C1. The van der Waals surface area contributed by atoms with Crippen molar-refractivity contribution in [3.8, 4) is 0 Å². The van der Waals surface area contributed by atoms with E-state index in [9.17, 15) is 9.90 Å². The summed E-state index contributed by atoms with van der Waals surface area (Å²) < 4.78 is 0. The molecule has 0 saturated heterocycles. The van der Waals surface area contributed by atoms with Gasteiger partial charge in [-0.15, -0.1) is 0 Å². The highest BCUT2D eigenvalue weighted by Crippen LogP contribution is 2.36. The minimum absolute atomic E-state index is 0.147. The zero-order valence-corrected chi connectivity index (χ0v) is 13.9. The summed E-state index contributed by atoms with van der Waals surface area (Å²) in [6, 6.07) is 0.871. The maximum atomic E-state index is 11.7. The van der Waals surface area contributed by atoms with Gasteiger partial charge in [0.05, 0.1) is 5.92 Å². The molecule has 122 valence electrons. The highest BCUT2D eigenvalue weighted by atomic mass is 16.4. The zero-order valence-electron chi connectivity index (χ0n) is 13.9. The molecule has 0 aromatic carbocycles. The third-order valence-electron chi connectivity index (χ3n) is 5.86. The zero-order chi connectivity index (χ0) is 15.2. The van der Waals surface area contributed by atoms with Gasteiger partial charge in [-0.3, -0.25) is 9.69 Å². The molecule has 0 spiro atoms. The molecule has 2 rings (SSSR count). The molecule has 2 saturated carbocycles. The lowest BCUT2D eigenvalue weighted by molar-refractivity contribution is -0.146. The Bertz CT molecular complexity index is 323. The van der Waals surface area contributed by atoms with Gasteiger partial charge in [0.1, 0.15) is 0 Å². The predicted molar refractivity (Wildman–Crippen MR) is 86.4 cm³/mol. The predicted octanol–water partition coefficient (Wildman–Crippen LogP) is 4.31. The number of carboxylic acids is 1. The second-order valence-electron chi connectivity index (χ2n) is 7.29. The van der Waals surface area contributed by atoms with E-state index in [-0.39, 0.29) is 12.0 Å². The van der Waals surface area contributed by atoms with Crippen LogP contribution < -0.4 is 0 Å². The fourth-order valence-corrected chi connectivity index (χ4v) is 4.58. The molecule has 0 amide bonds. The number of nitrogens with zero attached hydrogens (tertiary/aromatic N) is 1. The summed E-state index contributed by atoms with van der Waals surface area (Å²) in [5, 5.41) is 9.60. The second-order valence-corrected chi connectivity index (χ2v) is 7.29. The van der Waals surface area contributed by atoms with Crippen molar-refractivity contribution in [2.45, 2.75) is 89.6 Å². The van der Waals surface area contributed by atoms with Gasteiger partial charge in [0, 0.05) is 12.1 Å². The van der Waals surface area contributed by atoms with Crippen LogP contribution in [0.25, 0.3) is 0 Å². The molecule has 2 aliphatic rings. The molecular weight excluding hydrogens is 262 g/mol. The summed E-state index contributed by atoms with van der Waals surface area (Å²) in [7, 11) is 2.20. The lowest BCUT2D eigenvalue weighted by Gasteiger charge is -2.43. The van der Waals surface area contributed by atoms with Crippen molar-refractivity contribution in [3.63, 3.8) is 0 Å². The molecule has 2 aliphatic carbocycles. The van der Waals surface area contributed by atoms with Crippen LogP contribution in [0.4, 0.5) is 0 Å². The molecule has 0 radical (unpaired) electrons. The Kier molecular flexibility index (Phi) is 6.53. The Hall–Kier alpha value is -0.570. The summed E-state index contributed by atoms with van der Waals surface area (Å²) >= 11 is 0. The van der Waals surface area contributed by atoms with Crippen LogP contribution in [0.15, 0.2) is 0 Å². The maximum absolute atomic E-state index is 11.7. The van der Waals surface area contributed by atoms with E-state index >= 15 is 0 Å². The van der Waals surface area contributed by atoms with Crippen molar-refractivity contribution in [2.24, 2.45) is 11.8 Å².